The molecule has 2 heterocycles. The lowest BCUT2D eigenvalue weighted by atomic mass is 9.95. The third-order valence-corrected chi connectivity index (χ3v) is 19.1. The van der Waals surface area contributed by atoms with Crippen LogP contribution in [-0.2, 0) is 70.4 Å². The molecule has 94 heavy (non-hydrogen) atoms. The number of nitrogens with zero attached hydrogens (tertiary/aromatic N) is 8. The van der Waals surface area contributed by atoms with E-state index in [2.05, 4.69) is 43.9 Å². The predicted molar refractivity (Wildman–Crippen MR) is 368 cm³/mol. The van der Waals surface area contributed by atoms with Gasteiger partial charge < -0.3 is 60.5 Å². The number of halogens is 2. The van der Waals surface area contributed by atoms with Gasteiger partial charge in [-0.15, -0.1) is 0 Å². The smallest absolute Gasteiger partial charge is 0.246 e. The monoisotopic (exact) mass is 1440 g/mol. The van der Waals surface area contributed by atoms with Crippen molar-refractivity contribution in [1.29, 1.82) is 0 Å². The van der Waals surface area contributed by atoms with Crippen molar-refractivity contribution in [3.63, 3.8) is 0 Å². The Morgan fingerprint density at radius 2 is 1.17 bits per heavy atom. The average Bonchev–Trinajstić information content (AvgIpc) is 0.825. The van der Waals surface area contributed by atoms with E-state index in [4.69, 9.17) is 11.6 Å². The molecular weight excluding hydrogens is 1340 g/mol. The lowest BCUT2D eigenvalue weighted by molar-refractivity contribution is -0.152. The molecule has 0 saturated carbocycles. The number of carbonyl (C=O) groups is 12. The van der Waals surface area contributed by atoms with Crippen molar-refractivity contribution in [1.82, 2.24) is 60.5 Å². The van der Waals surface area contributed by atoms with E-state index in [0.29, 0.717) is 74.2 Å². The van der Waals surface area contributed by atoms with Gasteiger partial charge in [-0.05, 0) is 122 Å². The van der Waals surface area contributed by atoms with E-state index in [9.17, 15) is 52.7 Å². The number of carbonyl (C=O) groups excluding carboxylic acids is 12. The lowest BCUT2D eigenvalue weighted by Crippen LogP contribution is -2.63. The van der Waals surface area contributed by atoms with Gasteiger partial charge >= 0.3 is 0 Å². The zero-order valence-electron chi connectivity index (χ0n) is 58.0. The predicted octanol–water partition coefficient (Wildman–Crippen LogP) is 4.65. The molecule has 2 aliphatic rings. The van der Waals surface area contributed by atoms with Gasteiger partial charge in [0.1, 0.15) is 47.8 Å². The molecule has 2 saturated heterocycles. The molecule has 522 valence electrons. The highest BCUT2D eigenvalue weighted by molar-refractivity contribution is 14.1. The minimum atomic E-state index is -1.68. The van der Waals surface area contributed by atoms with Crippen LogP contribution in [0.3, 0.4) is 0 Å². The summed E-state index contributed by atoms with van der Waals surface area (Å²) in [6.07, 6.45) is 4.61. The molecule has 26 heteroatoms. The molecule has 2 aliphatic heterocycles. The first-order valence-electron chi connectivity index (χ1n) is 33.0. The van der Waals surface area contributed by atoms with Crippen molar-refractivity contribution in [2.75, 3.05) is 82.1 Å². The molecule has 1 unspecified atom stereocenters. The normalized spacial score (nSPS) is 23.9. The molecule has 8 atom stereocenters. The van der Waals surface area contributed by atoms with Gasteiger partial charge in [0.15, 0.2) is 0 Å². The van der Waals surface area contributed by atoms with Gasteiger partial charge in [-0.1, -0.05) is 110 Å². The maximum atomic E-state index is 15.1. The van der Waals surface area contributed by atoms with E-state index in [0.717, 1.165) is 24.7 Å². The second-order valence-electron chi connectivity index (χ2n) is 26.3. The number of amides is 12. The zero-order valence-corrected chi connectivity index (χ0v) is 60.9. The minimum absolute atomic E-state index is 0.0399. The van der Waals surface area contributed by atoms with Crippen LogP contribution in [0.5, 0.6) is 0 Å². The summed E-state index contributed by atoms with van der Waals surface area (Å²) in [6, 6.07) is 5.12. The summed E-state index contributed by atoms with van der Waals surface area (Å²) in [7, 11) is 9.80. The van der Waals surface area contributed by atoms with Crippen molar-refractivity contribution in [2.24, 2.45) is 11.8 Å². The maximum absolute atomic E-state index is 15.1. The summed E-state index contributed by atoms with van der Waals surface area (Å²) < 4.78 is 0.846. The first kappa shape index (κ1) is 79.5. The van der Waals surface area contributed by atoms with E-state index in [1.165, 1.54) is 82.8 Å². The summed E-state index contributed by atoms with van der Waals surface area (Å²) in [5.74, 6) is -8.60. The van der Waals surface area contributed by atoms with E-state index >= 15 is 4.79 Å². The zero-order chi connectivity index (χ0) is 70.5. The highest BCUT2D eigenvalue weighted by Gasteiger charge is 2.44. The molecule has 4 rings (SSSR count). The number of likely N-dealkylation sites (N-methyl/N-ethyl adjacent to an activating group) is 7. The molecule has 0 radical (unpaired) electrons. The molecule has 0 bridgehead atoms. The number of hydrogen-bond donors (Lipinski definition) is 4. The third-order valence-electron chi connectivity index (χ3n) is 18.2. The van der Waals surface area contributed by atoms with Gasteiger partial charge in [0.05, 0.1) is 26.1 Å². The van der Waals surface area contributed by atoms with E-state index < -0.39 is 151 Å². The Hall–Kier alpha value is -6.90. The SMILES string of the molecule is CCCC[C@@H]1NC(=O)C(C)(C)N(C)C(=O)[C@H](CCCC)NC(=O)[C@H](Cc2cccc(I)c2)NC(=O)CN(C)C(=O)[C@H](Cc2ccc(Cl)cc2)N(C)C(=O)CN(C)C(=O)CN(C)C(=O)[C@H]([C@@H](C)CC)NC(=O)[C@H](CC(C)C)N(C)C(=O)CC(C(=O)N2CCCCC2)N(C)C1=O. The number of unbranched alkanes of at least 4 members (excludes halogenated alkanes) is 2. The van der Waals surface area contributed by atoms with E-state index in [1.54, 1.807) is 48.2 Å². The van der Waals surface area contributed by atoms with Crippen LogP contribution in [0.1, 0.15) is 144 Å². The van der Waals surface area contributed by atoms with Crippen molar-refractivity contribution in [3.8, 4) is 0 Å². The summed E-state index contributed by atoms with van der Waals surface area (Å²) in [6.45, 7) is 13.3. The molecule has 2 aromatic carbocycles. The van der Waals surface area contributed by atoms with Crippen LogP contribution in [0.25, 0.3) is 0 Å². The molecule has 0 spiro atoms. The fraction of sp³-hybridized carbons (Fsp3) is 0.647. The topological polar surface area (TPSA) is 279 Å². The molecule has 2 fully saturated rings. The number of piperidine rings is 1. The first-order chi connectivity index (χ1) is 44.2. The Morgan fingerprint density at radius 3 is 1.74 bits per heavy atom. The van der Waals surface area contributed by atoms with Gasteiger partial charge in [-0.2, -0.15) is 0 Å². The number of likely N-dealkylation sites (tertiary alicyclic amines) is 1. The molecule has 4 N–H and O–H groups in total. The lowest BCUT2D eigenvalue weighted by Gasteiger charge is -2.39. The van der Waals surface area contributed by atoms with Crippen LogP contribution in [0.15, 0.2) is 48.5 Å². The van der Waals surface area contributed by atoms with Crippen molar-refractivity contribution < 1.29 is 57.5 Å². The van der Waals surface area contributed by atoms with Gasteiger partial charge in [-0.25, -0.2) is 0 Å². The summed E-state index contributed by atoms with van der Waals surface area (Å²) >= 11 is 8.37. The van der Waals surface area contributed by atoms with Crippen LogP contribution in [0.4, 0.5) is 0 Å². The third kappa shape index (κ3) is 22.6. The largest absolute Gasteiger partial charge is 0.343 e. The Labute approximate surface area is 575 Å². The number of rotatable bonds is 15. The molecule has 12 amide bonds. The van der Waals surface area contributed by atoms with E-state index in [1.807, 2.05) is 46.8 Å². The van der Waals surface area contributed by atoms with Crippen LogP contribution in [-0.4, -0.2) is 240 Å². The average molecular weight is 1440 g/mol. The Kier molecular flexibility index (Phi) is 31.7. The fourth-order valence-corrected chi connectivity index (χ4v) is 12.1. The van der Waals surface area contributed by atoms with Gasteiger partial charge in [0, 0.05) is 83.9 Å². The first-order valence-corrected chi connectivity index (χ1v) is 34.4. The maximum Gasteiger partial charge on any atom is 0.246 e. The fourth-order valence-electron chi connectivity index (χ4n) is 11.4. The molecule has 0 aliphatic carbocycles. The van der Waals surface area contributed by atoms with Gasteiger partial charge in [0.25, 0.3) is 0 Å². The summed E-state index contributed by atoms with van der Waals surface area (Å²) in [4.78, 5) is 186. The Morgan fingerprint density at radius 1 is 0.596 bits per heavy atom. The van der Waals surface area contributed by atoms with Crippen LogP contribution < -0.4 is 21.3 Å². The molecule has 24 nitrogen and oxygen atoms in total. The van der Waals surface area contributed by atoms with Gasteiger partial charge in [-0.3, -0.25) is 57.5 Å². The van der Waals surface area contributed by atoms with Crippen LogP contribution in [0, 0.1) is 15.4 Å². The highest BCUT2D eigenvalue weighted by Crippen LogP contribution is 2.24. The quantitative estimate of drug-likeness (QED) is 0.178. The van der Waals surface area contributed by atoms with Gasteiger partial charge in [0.2, 0.25) is 70.9 Å². The second-order valence-corrected chi connectivity index (χ2v) is 28.0. The Bertz CT molecular complexity index is 2980. The summed E-state index contributed by atoms with van der Waals surface area (Å²) in [5, 5.41) is 11.9. The molecule has 0 aromatic heterocycles. The standard InChI is InChI=1S/C68H104ClIN12O12/c1-16-19-27-49-62(89)80(14)54(65(92)82-33-22-21-23-34-82)39-56(84)78(12)52(35-43(4)5)61(88)74-59(44(6)18-3)66(93)77(11)41-57(85)75(9)42-58(86)79(13)53(38-45-29-31-47(69)32-30-45)64(91)76(10)40-55(83)71-51(37-46-25-24-26-48(70)36-46)60(87)72-50(28-20-17-2)63(90)81(15)68(7,8)67(94)73-49/h24-26,29-32,36,43-44,49-54,59H,16-23,27-28,33-35,37-42H2,1-15H3,(H,71,83)(H,72,87)(H,73,94)(H,74,88)/t44-,49-,50-,51-,52-,53-,54?,59-/m0/s1. The summed E-state index contributed by atoms with van der Waals surface area (Å²) in [5.41, 5.74) is -0.406. The number of nitrogens with one attached hydrogen (secondary N) is 4. The van der Waals surface area contributed by atoms with Crippen molar-refractivity contribution in [3.05, 3.63) is 68.3 Å². The minimum Gasteiger partial charge on any atom is -0.343 e. The Balaban J connectivity index is 1.88. The molecular formula is C68H104ClIN12O12. The van der Waals surface area contributed by atoms with Crippen LogP contribution in [0.2, 0.25) is 5.02 Å². The number of benzene rings is 2. The highest BCUT2D eigenvalue weighted by atomic mass is 127. The van der Waals surface area contributed by atoms with Crippen molar-refractivity contribution in [2.45, 2.75) is 193 Å². The molecule has 2 aromatic rings. The second kappa shape index (κ2) is 37.4. The van der Waals surface area contributed by atoms with Crippen LogP contribution >= 0.6 is 34.2 Å². The van der Waals surface area contributed by atoms with Crippen molar-refractivity contribution >= 4 is 105 Å². The van der Waals surface area contributed by atoms with E-state index in [-0.39, 0.29) is 38.0 Å². The number of hydrogen-bond acceptors (Lipinski definition) is 12.